The highest BCUT2D eigenvalue weighted by Gasteiger charge is 2.12. The van der Waals surface area contributed by atoms with Crippen molar-refractivity contribution in [1.29, 1.82) is 0 Å². The first-order valence-corrected chi connectivity index (χ1v) is 7.71. The van der Waals surface area contributed by atoms with Crippen LogP contribution >= 0.6 is 11.3 Å². The molecular formula is C16H17N3OS. The van der Waals surface area contributed by atoms with E-state index in [9.17, 15) is 0 Å². The molecule has 1 aromatic carbocycles. The molecule has 0 amide bonds. The SMILES string of the molecule is Cc1cc(-c2nnco2)ccc1NC(C)c1sccc1C. The monoisotopic (exact) mass is 299 g/mol. The average Bonchev–Trinajstić information content (AvgIpc) is 3.12. The molecule has 0 radical (unpaired) electrons. The summed E-state index contributed by atoms with van der Waals surface area (Å²) in [4.78, 5) is 1.37. The van der Waals surface area contributed by atoms with Crippen LogP contribution in [0.5, 0.6) is 0 Å². The number of aryl methyl sites for hydroxylation is 2. The molecule has 0 aliphatic carbocycles. The minimum atomic E-state index is 0.290. The van der Waals surface area contributed by atoms with Gasteiger partial charge in [-0.1, -0.05) is 0 Å². The van der Waals surface area contributed by atoms with Crippen molar-refractivity contribution >= 4 is 17.0 Å². The molecule has 0 fully saturated rings. The molecule has 5 heteroatoms. The molecular weight excluding hydrogens is 282 g/mol. The number of anilines is 1. The Morgan fingerprint density at radius 3 is 2.67 bits per heavy atom. The van der Waals surface area contributed by atoms with E-state index in [0.717, 1.165) is 16.8 Å². The molecule has 0 aliphatic rings. The quantitative estimate of drug-likeness (QED) is 0.765. The molecule has 1 unspecified atom stereocenters. The van der Waals surface area contributed by atoms with Crippen LogP contribution in [0.1, 0.15) is 29.0 Å². The predicted octanol–water partition coefficient (Wildman–Crippen LogP) is 4.59. The van der Waals surface area contributed by atoms with Crippen molar-refractivity contribution in [3.8, 4) is 11.5 Å². The van der Waals surface area contributed by atoms with Crippen LogP contribution in [0, 0.1) is 13.8 Å². The fourth-order valence-corrected chi connectivity index (χ4v) is 3.32. The lowest BCUT2D eigenvalue weighted by Crippen LogP contribution is -2.07. The summed E-state index contributed by atoms with van der Waals surface area (Å²) in [5.41, 5.74) is 4.56. The summed E-state index contributed by atoms with van der Waals surface area (Å²) < 4.78 is 5.23. The Kier molecular flexibility index (Phi) is 3.75. The van der Waals surface area contributed by atoms with E-state index in [-0.39, 0.29) is 6.04 Å². The van der Waals surface area contributed by atoms with Crippen molar-refractivity contribution < 1.29 is 4.42 Å². The van der Waals surface area contributed by atoms with Crippen LogP contribution in [-0.4, -0.2) is 10.2 Å². The van der Waals surface area contributed by atoms with E-state index in [4.69, 9.17) is 4.42 Å². The number of nitrogens with zero attached hydrogens (tertiary/aromatic N) is 2. The maximum Gasteiger partial charge on any atom is 0.247 e. The van der Waals surface area contributed by atoms with Gasteiger partial charge in [-0.2, -0.15) is 0 Å². The lowest BCUT2D eigenvalue weighted by Gasteiger charge is -2.17. The summed E-state index contributed by atoms with van der Waals surface area (Å²) in [5, 5.41) is 13.3. The van der Waals surface area contributed by atoms with E-state index in [0.29, 0.717) is 5.89 Å². The zero-order chi connectivity index (χ0) is 14.8. The van der Waals surface area contributed by atoms with E-state index in [1.807, 2.05) is 6.07 Å². The van der Waals surface area contributed by atoms with Crippen molar-refractivity contribution in [3.05, 3.63) is 52.0 Å². The molecule has 3 aromatic rings. The second kappa shape index (κ2) is 5.69. The van der Waals surface area contributed by atoms with Crippen molar-refractivity contribution in [3.63, 3.8) is 0 Å². The van der Waals surface area contributed by atoms with Gasteiger partial charge in [0.15, 0.2) is 0 Å². The number of rotatable bonds is 4. The number of thiophene rings is 1. The summed E-state index contributed by atoms with van der Waals surface area (Å²) in [5.74, 6) is 0.548. The Morgan fingerprint density at radius 2 is 2.05 bits per heavy atom. The van der Waals surface area contributed by atoms with Gasteiger partial charge in [0, 0.05) is 16.1 Å². The topological polar surface area (TPSA) is 51.0 Å². The van der Waals surface area contributed by atoms with Crippen LogP contribution in [0.3, 0.4) is 0 Å². The van der Waals surface area contributed by atoms with Crippen molar-refractivity contribution in [2.24, 2.45) is 0 Å². The minimum Gasteiger partial charge on any atom is -0.423 e. The van der Waals surface area contributed by atoms with Gasteiger partial charge in [0.2, 0.25) is 12.3 Å². The maximum absolute atomic E-state index is 5.23. The van der Waals surface area contributed by atoms with Gasteiger partial charge in [0.25, 0.3) is 0 Å². The zero-order valence-corrected chi connectivity index (χ0v) is 13.1. The molecule has 0 saturated carbocycles. The molecule has 0 aliphatic heterocycles. The van der Waals surface area contributed by atoms with Crippen LogP contribution in [-0.2, 0) is 0 Å². The smallest absolute Gasteiger partial charge is 0.247 e. The van der Waals surface area contributed by atoms with E-state index in [1.165, 1.54) is 16.8 Å². The van der Waals surface area contributed by atoms with Crippen LogP contribution in [0.25, 0.3) is 11.5 Å². The van der Waals surface area contributed by atoms with Crippen LogP contribution in [0.15, 0.2) is 40.5 Å². The van der Waals surface area contributed by atoms with Gasteiger partial charge in [-0.05, 0) is 61.5 Å². The second-order valence-electron chi connectivity index (χ2n) is 5.11. The summed E-state index contributed by atoms with van der Waals surface area (Å²) in [6, 6.07) is 8.57. The molecule has 4 nitrogen and oxygen atoms in total. The van der Waals surface area contributed by atoms with Crippen molar-refractivity contribution in [2.45, 2.75) is 26.8 Å². The Morgan fingerprint density at radius 1 is 1.19 bits per heavy atom. The highest BCUT2D eigenvalue weighted by molar-refractivity contribution is 7.10. The first-order chi connectivity index (χ1) is 10.1. The highest BCUT2D eigenvalue weighted by Crippen LogP contribution is 2.29. The number of benzene rings is 1. The molecule has 3 rings (SSSR count). The number of hydrogen-bond acceptors (Lipinski definition) is 5. The van der Waals surface area contributed by atoms with Gasteiger partial charge < -0.3 is 9.73 Å². The molecule has 1 N–H and O–H groups in total. The standard InChI is InChI=1S/C16H17N3OS/c1-10-6-7-21-15(10)12(3)18-14-5-4-13(8-11(14)2)16-19-17-9-20-16/h4-9,12,18H,1-3H3. The summed E-state index contributed by atoms with van der Waals surface area (Å²) >= 11 is 1.79. The third kappa shape index (κ3) is 2.83. The number of hydrogen-bond donors (Lipinski definition) is 1. The molecule has 0 saturated heterocycles. The predicted molar refractivity (Wildman–Crippen MR) is 85.6 cm³/mol. The Balaban J connectivity index is 1.82. The maximum atomic E-state index is 5.23. The first kappa shape index (κ1) is 13.8. The molecule has 1 atom stereocenters. The number of nitrogens with one attached hydrogen (secondary N) is 1. The third-order valence-corrected chi connectivity index (χ3v) is 4.70. The first-order valence-electron chi connectivity index (χ1n) is 6.83. The van der Waals surface area contributed by atoms with Gasteiger partial charge in [-0.25, -0.2) is 0 Å². The molecule has 21 heavy (non-hydrogen) atoms. The lowest BCUT2D eigenvalue weighted by molar-refractivity contribution is 0.568. The number of aromatic nitrogens is 2. The largest absolute Gasteiger partial charge is 0.423 e. The summed E-state index contributed by atoms with van der Waals surface area (Å²) in [6.45, 7) is 6.41. The van der Waals surface area contributed by atoms with E-state index < -0.39 is 0 Å². The molecule has 108 valence electrons. The zero-order valence-electron chi connectivity index (χ0n) is 12.3. The molecule has 2 heterocycles. The van der Waals surface area contributed by atoms with Gasteiger partial charge >= 0.3 is 0 Å². The van der Waals surface area contributed by atoms with Crippen LogP contribution in [0.4, 0.5) is 5.69 Å². The highest BCUT2D eigenvalue weighted by atomic mass is 32.1. The second-order valence-corrected chi connectivity index (χ2v) is 6.06. The van der Waals surface area contributed by atoms with E-state index in [2.05, 4.69) is 59.9 Å². The fraction of sp³-hybridized carbons (Fsp3) is 0.250. The molecule has 0 spiro atoms. The Bertz CT molecular complexity index is 734. The van der Waals surface area contributed by atoms with E-state index >= 15 is 0 Å². The van der Waals surface area contributed by atoms with E-state index in [1.54, 1.807) is 11.3 Å². The lowest BCUT2D eigenvalue weighted by atomic mass is 10.1. The average molecular weight is 299 g/mol. The van der Waals surface area contributed by atoms with Gasteiger partial charge in [0.05, 0.1) is 6.04 Å². The Labute approximate surface area is 127 Å². The van der Waals surface area contributed by atoms with Gasteiger partial charge in [-0.3, -0.25) is 0 Å². The van der Waals surface area contributed by atoms with Gasteiger partial charge in [-0.15, -0.1) is 21.5 Å². The normalized spacial score (nSPS) is 12.3. The van der Waals surface area contributed by atoms with Crippen molar-refractivity contribution in [1.82, 2.24) is 10.2 Å². The van der Waals surface area contributed by atoms with Crippen LogP contribution in [0.2, 0.25) is 0 Å². The third-order valence-electron chi connectivity index (χ3n) is 3.50. The summed E-state index contributed by atoms with van der Waals surface area (Å²) in [7, 11) is 0. The Hall–Kier alpha value is -2.14. The fourth-order valence-electron chi connectivity index (χ4n) is 2.38. The summed E-state index contributed by atoms with van der Waals surface area (Å²) in [6.07, 6.45) is 1.35. The van der Waals surface area contributed by atoms with Crippen LogP contribution < -0.4 is 5.32 Å². The van der Waals surface area contributed by atoms with Crippen molar-refractivity contribution in [2.75, 3.05) is 5.32 Å². The molecule has 0 bridgehead atoms. The minimum absolute atomic E-state index is 0.290. The molecule has 2 aromatic heterocycles. The van der Waals surface area contributed by atoms with Gasteiger partial charge in [0.1, 0.15) is 0 Å².